The Bertz CT molecular complexity index is 349. The molecule has 0 N–H and O–H groups in total. The normalized spacial score (nSPS) is 24.7. The van der Waals surface area contributed by atoms with Gasteiger partial charge in [-0.15, -0.1) is 0 Å². The van der Waals surface area contributed by atoms with Gasteiger partial charge in [0.2, 0.25) is 0 Å². The van der Waals surface area contributed by atoms with Crippen molar-refractivity contribution in [3.63, 3.8) is 0 Å². The van der Waals surface area contributed by atoms with Crippen LogP contribution in [0.2, 0.25) is 5.02 Å². The predicted molar refractivity (Wildman–Crippen MR) is 62.2 cm³/mol. The van der Waals surface area contributed by atoms with Gasteiger partial charge in [-0.05, 0) is 49.3 Å². The van der Waals surface area contributed by atoms with Gasteiger partial charge in [0.1, 0.15) is 5.78 Å². The first-order valence-electron chi connectivity index (χ1n) is 5.40. The summed E-state index contributed by atoms with van der Waals surface area (Å²) in [6.45, 7) is 1.68. The van der Waals surface area contributed by atoms with E-state index in [4.69, 9.17) is 11.6 Å². The lowest BCUT2D eigenvalue weighted by molar-refractivity contribution is -0.118. The largest absolute Gasteiger partial charge is 0.300 e. The van der Waals surface area contributed by atoms with Crippen molar-refractivity contribution in [2.24, 2.45) is 5.92 Å². The van der Waals surface area contributed by atoms with Gasteiger partial charge in [0, 0.05) is 11.4 Å². The van der Waals surface area contributed by atoms with Crippen molar-refractivity contribution in [3.8, 4) is 0 Å². The van der Waals surface area contributed by atoms with Gasteiger partial charge < -0.3 is 4.79 Å². The van der Waals surface area contributed by atoms with Crippen molar-refractivity contribution in [1.29, 1.82) is 0 Å². The van der Waals surface area contributed by atoms with Crippen LogP contribution in [0.3, 0.4) is 0 Å². The second kappa shape index (κ2) is 4.36. The predicted octanol–water partition coefficient (Wildman–Crippen LogP) is 3.81. The molecule has 0 spiro atoms. The van der Waals surface area contributed by atoms with Crippen LogP contribution < -0.4 is 0 Å². The zero-order valence-electron chi connectivity index (χ0n) is 8.87. The van der Waals surface area contributed by atoms with Crippen LogP contribution in [0.25, 0.3) is 0 Å². The Kier molecular flexibility index (Phi) is 3.11. The Morgan fingerprint density at radius 3 is 2.47 bits per heavy atom. The van der Waals surface area contributed by atoms with Crippen molar-refractivity contribution >= 4 is 17.4 Å². The highest BCUT2D eigenvalue weighted by Crippen LogP contribution is 2.43. The van der Waals surface area contributed by atoms with Crippen LogP contribution in [0.15, 0.2) is 24.3 Å². The minimum absolute atomic E-state index is 0.314. The lowest BCUT2D eigenvalue weighted by atomic mass is 9.70. The van der Waals surface area contributed by atoms with E-state index in [1.165, 1.54) is 5.56 Å². The molecule has 2 rings (SSSR count). The maximum atomic E-state index is 10.9. The Morgan fingerprint density at radius 2 is 1.93 bits per heavy atom. The van der Waals surface area contributed by atoms with Gasteiger partial charge in [0.25, 0.3) is 0 Å². The molecule has 80 valence electrons. The molecule has 0 amide bonds. The number of rotatable bonds is 3. The summed E-state index contributed by atoms with van der Waals surface area (Å²) in [5, 5.41) is 0.790. The summed E-state index contributed by atoms with van der Waals surface area (Å²) in [6.07, 6.45) is 3.06. The first-order valence-corrected chi connectivity index (χ1v) is 5.78. The highest BCUT2D eigenvalue weighted by atomic mass is 35.5. The third kappa shape index (κ3) is 2.60. The number of Topliss-reactive ketones (excluding diaryl/α,β-unsaturated/α-hetero) is 1. The second-order valence-electron chi connectivity index (χ2n) is 4.49. The highest BCUT2D eigenvalue weighted by molar-refractivity contribution is 6.30. The molecule has 2 heteroatoms. The summed E-state index contributed by atoms with van der Waals surface area (Å²) in [6, 6.07) is 8.07. The first kappa shape index (κ1) is 10.7. The van der Waals surface area contributed by atoms with Crippen LogP contribution in [0.1, 0.15) is 37.7 Å². The minimum Gasteiger partial charge on any atom is -0.300 e. The molecule has 0 radical (unpaired) electrons. The average Bonchev–Trinajstić information content (AvgIpc) is 2.12. The lowest BCUT2D eigenvalue weighted by Crippen LogP contribution is -2.23. The third-order valence-corrected chi connectivity index (χ3v) is 3.41. The molecule has 1 fully saturated rings. The monoisotopic (exact) mass is 222 g/mol. The molecule has 15 heavy (non-hydrogen) atoms. The van der Waals surface area contributed by atoms with E-state index in [9.17, 15) is 4.79 Å². The van der Waals surface area contributed by atoms with Crippen LogP contribution in [0.4, 0.5) is 0 Å². The third-order valence-electron chi connectivity index (χ3n) is 3.15. The maximum absolute atomic E-state index is 10.9. The average molecular weight is 223 g/mol. The van der Waals surface area contributed by atoms with Gasteiger partial charge in [-0.3, -0.25) is 0 Å². The molecule has 0 aromatic heterocycles. The van der Waals surface area contributed by atoms with E-state index in [1.54, 1.807) is 6.92 Å². The van der Waals surface area contributed by atoms with Crippen LogP contribution in [-0.4, -0.2) is 5.78 Å². The quantitative estimate of drug-likeness (QED) is 0.760. The fourth-order valence-corrected chi connectivity index (χ4v) is 2.44. The van der Waals surface area contributed by atoms with Crippen LogP contribution >= 0.6 is 11.6 Å². The molecule has 1 aromatic rings. The van der Waals surface area contributed by atoms with E-state index in [-0.39, 0.29) is 0 Å². The molecule has 0 atom stereocenters. The molecular weight excluding hydrogens is 208 g/mol. The van der Waals surface area contributed by atoms with Gasteiger partial charge in [-0.2, -0.15) is 0 Å². The Hall–Kier alpha value is -0.820. The standard InChI is InChI=1S/C13H15ClO/c1-9(15)6-10-7-12(8-10)11-2-4-13(14)5-3-11/h2-5,10,12H,6-8H2,1H3. The topological polar surface area (TPSA) is 17.1 Å². The highest BCUT2D eigenvalue weighted by Gasteiger charge is 2.30. The van der Waals surface area contributed by atoms with E-state index in [1.807, 2.05) is 12.1 Å². The van der Waals surface area contributed by atoms with E-state index in [2.05, 4.69) is 12.1 Å². The molecular formula is C13H15ClO. The Labute approximate surface area is 95.4 Å². The van der Waals surface area contributed by atoms with Crippen molar-refractivity contribution in [2.45, 2.75) is 32.1 Å². The zero-order valence-corrected chi connectivity index (χ0v) is 9.63. The second-order valence-corrected chi connectivity index (χ2v) is 4.93. The van der Waals surface area contributed by atoms with Crippen molar-refractivity contribution in [3.05, 3.63) is 34.9 Å². The minimum atomic E-state index is 0.314. The number of benzene rings is 1. The van der Waals surface area contributed by atoms with Gasteiger partial charge >= 0.3 is 0 Å². The summed E-state index contributed by atoms with van der Waals surface area (Å²) in [5.74, 6) is 1.57. The van der Waals surface area contributed by atoms with Crippen LogP contribution in [0.5, 0.6) is 0 Å². The van der Waals surface area contributed by atoms with Crippen LogP contribution in [0, 0.1) is 5.92 Å². The lowest BCUT2D eigenvalue weighted by Gasteiger charge is -2.35. The molecule has 0 saturated heterocycles. The number of carbonyl (C=O) groups is 1. The van der Waals surface area contributed by atoms with Crippen molar-refractivity contribution in [1.82, 2.24) is 0 Å². The molecule has 0 bridgehead atoms. The van der Waals surface area contributed by atoms with Gasteiger partial charge in [-0.25, -0.2) is 0 Å². The Morgan fingerprint density at radius 1 is 1.33 bits per heavy atom. The Balaban J connectivity index is 1.89. The number of ketones is 1. The summed E-state index contributed by atoms with van der Waals surface area (Å²) >= 11 is 5.83. The van der Waals surface area contributed by atoms with Crippen molar-refractivity contribution in [2.75, 3.05) is 0 Å². The number of halogens is 1. The van der Waals surface area contributed by atoms with E-state index >= 15 is 0 Å². The molecule has 1 aliphatic carbocycles. The maximum Gasteiger partial charge on any atom is 0.130 e. The van der Waals surface area contributed by atoms with Gasteiger partial charge in [0.05, 0.1) is 0 Å². The summed E-state index contributed by atoms with van der Waals surface area (Å²) in [4.78, 5) is 10.9. The fraction of sp³-hybridized carbons (Fsp3) is 0.462. The summed E-state index contributed by atoms with van der Waals surface area (Å²) < 4.78 is 0. The first-order chi connectivity index (χ1) is 7.15. The van der Waals surface area contributed by atoms with Crippen LogP contribution in [-0.2, 0) is 4.79 Å². The molecule has 1 aliphatic rings. The zero-order chi connectivity index (χ0) is 10.8. The SMILES string of the molecule is CC(=O)CC1CC(c2ccc(Cl)cc2)C1. The summed E-state index contributed by atoms with van der Waals surface area (Å²) in [5.41, 5.74) is 1.36. The molecule has 0 aliphatic heterocycles. The smallest absolute Gasteiger partial charge is 0.130 e. The van der Waals surface area contributed by atoms with Gasteiger partial charge in [0.15, 0.2) is 0 Å². The molecule has 0 unspecified atom stereocenters. The van der Waals surface area contributed by atoms with E-state index in [0.29, 0.717) is 17.6 Å². The summed E-state index contributed by atoms with van der Waals surface area (Å²) in [7, 11) is 0. The number of carbonyl (C=O) groups excluding carboxylic acids is 1. The molecule has 1 nitrogen and oxygen atoms in total. The molecule has 1 saturated carbocycles. The molecule has 1 aromatic carbocycles. The van der Waals surface area contributed by atoms with E-state index < -0.39 is 0 Å². The number of hydrogen-bond acceptors (Lipinski definition) is 1. The number of hydrogen-bond donors (Lipinski definition) is 0. The van der Waals surface area contributed by atoms with E-state index in [0.717, 1.165) is 24.3 Å². The fourth-order valence-electron chi connectivity index (χ4n) is 2.32. The van der Waals surface area contributed by atoms with Crippen molar-refractivity contribution < 1.29 is 4.79 Å². The molecule has 0 heterocycles. The van der Waals surface area contributed by atoms with Gasteiger partial charge in [-0.1, -0.05) is 23.7 Å².